The Morgan fingerprint density at radius 2 is 2.33 bits per heavy atom. The smallest absolute Gasteiger partial charge is 0.215 e. The fourth-order valence-electron chi connectivity index (χ4n) is 2.64. The van der Waals surface area contributed by atoms with Crippen molar-refractivity contribution in [2.45, 2.75) is 17.6 Å². The molecule has 3 atom stereocenters. The monoisotopic (exact) mass is 224 g/mol. The van der Waals surface area contributed by atoms with E-state index in [1.807, 2.05) is 12.1 Å². The Balaban J connectivity index is 1.93. The molecule has 15 heavy (non-hydrogen) atoms. The molecule has 2 heterocycles. The van der Waals surface area contributed by atoms with E-state index in [1.54, 1.807) is 12.4 Å². The van der Waals surface area contributed by atoms with Crippen molar-refractivity contribution < 1.29 is 8.42 Å². The lowest BCUT2D eigenvalue weighted by atomic mass is 9.71. The van der Waals surface area contributed by atoms with Crippen LogP contribution in [0.4, 0.5) is 0 Å². The summed E-state index contributed by atoms with van der Waals surface area (Å²) in [7, 11) is -3.06. The number of rotatable bonds is 1. The molecule has 0 bridgehead atoms. The minimum atomic E-state index is -3.06. The molecule has 0 unspecified atom stereocenters. The third-order valence-corrected chi connectivity index (χ3v) is 5.43. The molecule has 0 radical (unpaired) electrons. The summed E-state index contributed by atoms with van der Waals surface area (Å²) in [5.74, 6) is 0.448. The normalized spacial score (nSPS) is 36.9. The summed E-state index contributed by atoms with van der Waals surface area (Å²) in [5, 5.41) is -0.221. The Kier molecular flexibility index (Phi) is 1.87. The topological polar surface area (TPSA) is 59.1 Å². The zero-order chi connectivity index (χ0) is 10.5. The van der Waals surface area contributed by atoms with E-state index in [2.05, 4.69) is 9.71 Å². The summed E-state index contributed by atoms with van der Waals surface area (Å²) < 4.78 is 26.0. The van der Waals surface area contributed by atoms with Crippen LogP contribution in [0.1, 0.15) is 17.9 Å². The van der Waals surface area contributed by atoms with Crippen molar-refractivity contribution in [3.05, 3.63) is 30.1 Å². The largest absolute Gasteiger partial charge is 0.264 e. The number of hydrogen-bond acceptors (Lipinski definition) is 3. The molecule has 0 spiro atoms. The Morgan fingerprint density at radius 3 is 3.00 bits per heavy atom. The zero-order valence-corrected chi connectivity index (χ0v) is 8.94. The molecule has 1 aromatic heterocycles. The number of nitrogens with zero attached hydrogens (tertiary/aromatic N) is 1. The number of pyridine rings is 1. The van der Waals surface area contributed by atoms with Crippen LogP contribution < -0.4 is 4.72 Å². The second-order valence-corrected chi connectivity index (χ2v) is 6.17. The fraction of sp³-hybridized carbons (Fsp3) is 0.500. The number of hydrogen-bond donors (Lipinski definition) is 1. The summed E-state index contributed by atoms with van der Waals surface area (Å²) in [4.78, 5) is 4.03. The summed E-state index contributed by atoms with van der Waals surface area (Å²) >= 11 is 0. The van der Waals surface area contributed by atoms with Gasteiger partial charge in [0, 0.05) is 24.9 Å². The molecule has 4 nitrogen and oxygen atoms in total. The quantitative estimate of drug-likeness (QED) is 0.755. The second-order valence-electron chi connectivity index (χ2n) is 4.25. The summed E-state index contributed by atoms with van der Waals surface area (Å²) in [6.45, 7) is 0.615. The first-order valence-electron chi connectivity index (χ1n) is 5.07. The first-order valence-corrected chi connectivity index (χ1v) is 6.61. The third-order valence-electron chi connectivity index (χ3n) is 3.44. The standard InChI is InChI=1S/C10H12N2O2S/c13-15(14)10-8(6-12-15)4-9(10)7-2-1-3-11-5-7/h1-3,5,8-10,12H,4,6H2/t8-,9-,10+/m0/s1. The molecule has 1 saturated carbocycles. The average molecular weight is 224 g/mol. The minimum absolute atomic E-state index is 0.142. The Morgan fingerprint density at radius 1 is 1.47 bits per heavy atom. The van der Waals surface area contributed by atoms with Gasteiger partial charge in [-0.2, -0.15) is 0 Å². The molecule has 2 aliphatic rings. The maximum Gasteiger partial charge on any atom is 0.215 e. The molecule has 80 valence electrons. The highest BCUT2D eigenvalue weighted by Crippen LogP contribution is 2.48. The molecule has 3 rings (SSSR count). The van der Waals surface area contributed by atoms with Gasteiger partial charge in [-0.15, -0.1) is 0 Å². The van der Waals surface area contributed by atoms with Gasteiger partial charge < -0.3 is 0 Å². The van der Waals surface area contributed by atoms with Gasteiger partial charge in [0.15, 0.2) is 0 Å². The molecule has 1 saturated heterocycles. The van der Waals surface area contributed by atoms with Crippen LogP contribution in [0.15, 0.2) is 24.5 Å². The predicted octanol–water partition coefficient (Wildman–Crippen LogP) is 0.487. The van der Waals surface area contributed by atoms with Gasteiger partial charge in [-0.25, -0.2) is 13.1 Å². The molecule has 2 fully saturated rings. The lowest BCUT2D eigenvalue weighted by Crippen LogP contribution is -2.41. The van der Waals surface area contributed by atoms with Crippen LogP contribution in [-0.2, 0) is 10.0 Å². The fourth-order valence-corrected chi connectivity index (χ4v) is 4.69. The van der Waals surface area contributed by atoms with Crippen molar-refractivity contribution in [1.29, 1.82) is 0 Å². The van der Waals surface area contributed by atoms with Crippen molar-refractivity contribution in [3.63, 3.8) is 0 Å². The summed E-state index contributed by atoms with van der Waals surface area (Å²) in [6, 6.07) is 3.82. The van der Waals surface area contributed by atoms with Crippen molar-refractivity contribution in [3.8, 4) is 0 Å². The van der Waals surface area contributed by atoms with Crippen LogP contribution in [0.2, 0.25) is 0 Å². The third kappa shape index (κ3) is 1.30. The van der Waals surface area contributed by atoms with Crippen LogP contribution in [0, 0.1) is 5.92 Å². The van der Waals surface area contributed by atoms with E-state index in [9.17, 15) is 8.42 Å². The van der Waals surface area contributed by atoms with E-state index in [-0.39, 0.29) is 11.2 Å². The molecular formula is C10H12N2O2S. The average Bonchev–Trinajstić information content (AvgIpc) is 2.38. The van der Waals surface area contributed by atoms with E-state index in [4.69, 9.17) is 0 Å². The van der Waals surface area contributed by atoms with Crippen LogP contribution in [0.5, 0.6) is 0 Å². The number of fused-ring (bicyclic) bond motifs is 1. The molecule has 0 aromatic carbocycles. The van der Waals surface area contributed by atoms with Crippen molar-refractivity contribution >= 4 is 10.0 Å². The van der Waals surface area contributed by atoms with Crippen LogP contribution in [0.25, 0.3) is 0 Å². The predicted molar refractivity (Wildman–Crippen MR) is 55.8 cm³/mol. The number of nitrogens with one attached hydrogen (secondary N) is 1. The van der Waals surface area contributed by atoms with Crippen molar-refractivity contribution in [2.24, 2.45) is 5.92 Å². The van der Waals surface area contributed by atoms with Gasteiger partial charge in [-0.05, 0) is 24.0 Å². The van der Waals surface area contributed by atoms with Gasteiger partial charge in [0.2, 0.25) is 10.0 Å². The van der Waals surface area contributed by atoms with Crippen LogP contribution >= 0.6 is 0 Å². The summed E-state index contributed by atoms with van der Waals surface area (Å²) in [5.41, 5.74) is 1.05. The lowest BCUT2D eigenvalue weighted by molar-refractivity contribution is 0.294. The molecule has 0 amide bonds. The number of sulfonamides is 1. The maximum absolute atomic E-state index is 11.7. The Bertz CT molecular complexity index is 471. The highest BCUT2D eigenvalue weighted by Gasteiger charge is 2.53. The molecule has 1 aromatic rings. The molecular weight excluding hydrogens is 212 g/mol. The van der Waals surface area contributed by atoms with Crippen molar-refractivity contribution in [2.75, 3.05) is 6.54 Å². The van der Waals surface area contributed by atoms with Gasteiger partial charge in [0.05, 0.1) is 5.25 Å². The van der Waals surface area contributed by atoms with Crippen LogP contribution in [-0.4, -0.2) is 25.2 Å². The van der Waals surface area contributed by atoms with Gasteiger partial charge in [0.25, 0.3) is 0 Å². The van der Waals surface area contributed by atoms with E-state index in [1.165, 1.54) is 0 Å². The maximum atomic E-state index is 11.7. The van der Waals surface area contributed by atoms with Gasteiger partial charge in [-0.1, -0.05) is 6.07 Å². The highest BCUT2D eigenvalue weighted by molar-refractivity contribution is 7.90. The van der Waals surface area contributed by atoms with Crippen LogP contribution in [0.3, 0.4) is 0 Å². The van der Waals surface area contributed by atoms with Gasteiger partial charge in [-0.3, -0.25) is 4.98 Å². The zero-order valence-electron chi connectivity index (χ0n) is 8.13. The van der Waals surface area contributed by atoms with Gasteiger partial charge >= 0.3 is 0 Å². The molecule has 1 N–H and O–H groups in total. The number of aromatic nitrogens is 1. The molecule has 5 heteroatoms. The highest BCUT2D eigenvalue weighted by atomic mass is 32.2. The Labute approximate surface area is 88.8 Å². The first-order chi connectivity index (χ1) is 7.18. The molecule has 1 aliphatic carbocycles. The Hall–Kier alpha value is -0.940. The van der Waals surface area contributed by atoms with E-state index in [0.29, 0.717) is 12.5 Å². The first kappa shape index (κ1) is 9.30. The van der Waals surface area contributed by atoms with E-state index < -0.39 is 10.0 Å². The second kappa shape index (κ2) is 3.02. The van der Waals surface area contributed by atoms with Gasteiger partial charge in [0.1, 0.15) is 0 Å². The summed E-state index contributed by atoms with van der Waals surface area (Å²) in [6.07, 6.45) is 4.44. The van der Waals surface area contributed by atoms with Crippen molar-refractivity contribution in [1.82, 2.24) is 9.71 Å². The molecule has 1 aliphatic heterocycles. The SMILES string of the molecule is O=S1(=O)NC[C@@H]2C[C@@H](c3cccnc3)[C@@H]21. The lowest BCUT2D eigenvalue weighted by Gasteiger charge is -2.37. The van der Waals surface area contributed by atoms with E-state index in [0.717, 1.165) is 12.0 Å². The van der Waals surface area contributed by atoms with E-state index >= 15 is 0 Å². The minimum Gasteiger partial charge on any atom is -0.264 e.